The molecule has 0 aromatic heterocycles. The highest BCUT2D eigenvalue weighted by Crippen LogP contribution is 2.31. The fraction of sp³-hybridized carbons (Fsp3) is 0.571. The highest BCUT2D eigenvalue weighted by molar-refractivity contribution is 5.42. The monoisotopic (exact) mass is 201 g/mol. The van der Waals surface area contributed by atoms with Gasteiger partial charge in [-0.25, -0.2) is 0 Å². The summed E-state index contributed by atoms with van der Waals surface area (Å²) in [5.41, 5.74) is 6.28. The molecule has 1 heteroatoms. The lowest BCUT2D eigenvalue weighted by atomic mass is 9.95. The van der Waals surface area contributed by atoms with Crippen molar-refractivity contribution in [1.82, 2.24) is 5.32 Å². The average Bonchev–Trinajstić information content (AvgIpc) is 2.85. The van der Waals surface area contributed by atoms with E-state index in [9.17, 15) is 0 Å². The third kappa shape index (κ3) is 1.59. The van der Waals surface area contributed by atoms with E-state index in [1.54, 1.807) is 16.7 Å². The average molecular weight is 201 g/mol. The second-order valence-electron chi connectivity index (χ2n) is 4.98. The fourth-order valence-corrected chi connectivity index (χ4v) is 3.09. The molecular weight excluding hydrogens is 182 g/mol. The summed E-state index contributed by atoms with van der Waals surface area (Å²) in [7, 11) is 0. The maximum atomic E-state index is 3.60. The lowest BCUT2D eigenvalue weighted by Crippen LogP contribution is -2.14. The van der Waals surface area contributed by atoms with Gasteiger partial charge in [0.05, 0.1) is 0 Å². The Morgan fingerprint density at radius 1 is 1.13 bits per heavy atom. The number of hydrogen-bond acceptors (Lipinski definition) is 1. The second kappa shape index (κ2) is 3.64. The van der Waals surface area contributed by atoms with Crippen LogP contribution in [0.3, 0.4) is 0 Å². The predicted molar refractivity (Wildman–Crippen MR) is 63.2 cm³/mol. The van der Waals surface area contributed by atoms with Crippen LogP contribution in [0, 0.1) is 6.92 Å². The largest absolute Gasteiger partial charge is 0.310 e. The van der Waals surface area contributed by atoms with Crippen LogP contribution in [0.2, 0.25) is 0 Å². The molecule has 1 heterocycles. The SMILES string of the molecule is Cc1cc2c(cc1[C@@H]1CCCN1)CCC2. The standard InChI is InChI=1S/C14H19N/c1-10-8-11-4-2-5-12(11)9-13(10)14-6-3-7-15-14/h8-9,14-15H,2-7H2,1H3/t14-/m0/s1. The first kappa shape index (κ1) is 9.41. The zero-order valence-corrected chi connectivity index (χ0v) is 9.47. The molecule has 15 heavy (non-hydrogen) atoms. The van der Waals surface area contributed by atoms with Crippen LogP contribution in [0.25, 0.3) is 0 Å². The van der Waals surface area contributed by atoms with Gasteiger partial charge in [0.2, 0.25) is 0 Å². The Morgan fingerprint density at radius 2 is 1.93 bits per heavy atom. The Balaban J connectivity index is 2.00. The third-order valence-corrected chi connectivity index (χ3v) is 3.92. The van der Waals surface area contributed by atoms with Gasteiger partial charge >= 0.3 is 0 Å². The number of benzene rings is 1. The Hall–Kier alpha value is -0.820. The molecular formula is C14H19N. The van der Waals surface area contributed by atoms with Crippen LogP contribution >= 0.6 is 0 Å². The first-order chi connectivity index (χ1) is 7.34. The van der Waals surface area contributed by atoms with Gasteiger partial charge in [0.25, 0.3) is 0 Å². The Bertz CT molecular complexity index is 375. The van der Waals surface area contributed by atoms with Crippen LogP contribution in [0.1, 0.15) is 47.6 Å². The van der Waals surface area contributed by atoms with Crippen LogP contribution in [0.15, 0.2) is 12.1 Å². The highest BCUT2D eigenvalue weighted by Gasteiger charge is 2.20. The molecule has 80 valence electrons. The van der Waals surface area contributed by atoms with Crippen molar-refractivity contribution in [2.24, 2.45) is 0 Å². The Labute approximate surface area is 91.9 Å². The predicted octanol–water partition coefficient (Wildman–Crippen LogP) is 2.91. The smallest absolute Gasteiger partial charge is 0.0323 e. The number of hydrogen-bond donors (Lipinski definition) is 1. The summed E-state index contributed by atoms with van der Waals surface area (Å²) in [6.45, 7) is 3.47. The van der Waals surface area contributed by atoms with E-state index in [4.69, 9.17) is 0 Å². The summed E-state index contributed by atoms with van der Waals surface area (Å²) in [6.07, 6.45) is 6.61. The Kier molecular flexibility index (Phi) is 2.28. The topological polar surface area (TPSA) is 12.0 Å². The summed E-state index contributed by atoms with van der Waals surface area (Å²) >= 11 is 0. The first-order valence-corrected chi connectivity index (χ1v) is 6.20. The summed E-state index contributed by atoms with van der Waals surface area (Å²) in [6, 6.07) is 5.54. The van der Waals surface area contributed by atoms with E-state index in [0.29, 0.717) is 6.04 Å². The van der Waals surface area contributed by atoms with E-state index in [1.165, 1.54) is 44.2 Å². The van der Waals surface area contributed by atoms with E-state index in [0.717, 1.165) is 0 Å². The number of rotatable bonds is 1. The lowest BCUT2D eigenvalue weighted by Gasteiger charge is -2.15. The Morgan fingerprint density at radius 3 is 2.67 bits per heavy atom. The maximum Gasteiger partial charge on any atom is 0.0323 e. The molecule has 0 amide bonds. The maximum absolute atomic E-state index is 3.60. The van der Waals surface area contributed by atoms with Gasteiger partial charge in [0.1, 0.15) is 0 Å². The summed E-state index contributed by atoms with van der Waals surface area (Å²) < 4.78 is 0. The van der Waals surface area contributed by atoms with Crippen molar-refractivity contribution in [2.45, 2.75) is 45.1 Å². The molecule has 0 unspecified atom stereocenters. The quantitative estimate of drug-likeness (QED) is 0.736. The highest BCUT2D eigenvalue weighted by atomic mass is 14.9. The first-order valence-electron chi connectivity index (χ1n) is 6.20. The van der Waals surface area contributed by atoms with Crippen molar-refractivity contribution in [2.75, 3.05) is 6.54 Å². The molecule has 1 saturated heterocycles. The molecule has 1 aromatic rings. The van der Waals surface area contributed by atoms with E-state index >= 15 is 0 Å². The van der Waals surface area contributed by atoms with Gasteiger partial charge in [-0.1, -0.05) is 12.1 Å². The van der Waals surface area contributed by atoms with E-state index in [-0.39, 0.29) is 0 Å². The molecule has 0 radical (unpaired) electrons. The van der Waals surface area contributed by atoms with E-state index < -0.39 is 0 Å². The number of aryl methyl sites for hydroxylation is 3. The van der Waals surface area contributed by atoms with Crippen molar-refractivity contribution in [3.63, 3.8) is 0 Å². The van der Waals surface area contributed by atoms with Crippen molar-refractivity contribution in [1.29, 1.82) is 0 Å². The lowest BCUT2D eigenvalue weighted by molar-refractivity contribution is 0.643. The minimum absolute atomic E-state index is 0.635. The van der Waals surface area contributed by atoms with Crippen LogP contribution in [-0.4, -0.2) is 6.54 Å². The van der Waals surface area contributed by atoms with E-state index in [1.807, 2.05) is 0 Å². The van der Waals surface area contributed by atoms with Gasteiger partial charge < -0.3 is 5.32 Å². The van der Waals surface area contributed by atoms with Gasteiger partial charge in [-0.2, -0.15) is 0 Å². The van der Waals surface area contributed by atoms with Gasteiger partial charge in [-0.15, -0.1) is 0 Å². The molecule has 1 aliphatic heterocycles. The van der Waals surface area contributed by atoms with Crippen LogP contribution in [-0.2, 0) is 12.8 Å². The molecule has 0 spiro atoms. The van der Waals surface area contributed by atoms with Crippen LogP contribution in [0.5, 0.6) is 0 Å². The molecule has 1 nitrogen and oxygen atoms in total. The van der Waals surface area contributed by atoms with Crippen molar-refractivity contribution < 1.29 is 0 Å². The van der Waals surface area contributed by atoms with E-state index in [2.05, 4.69) is 24.4 Å². The van der Waals surface area contributed by atoms with Gasteiger partial charge in [0, 0.05) is 6.04 Å². The molecule has 0 bridgehead atoms. The molecule has 1 N–H and O–H groups in total. The zero-order valence-electron chi connectivity index (χ0n) is 9.47. The van der Waals surface area contributed by atoms with Gasteiger partial charge in [-0.05, 0) is 67.8 Å². The normalized spacial score (nSPS) is 24.5. The van der Waals surface area contributed by atoms with Crippen LogP contribution < -0.4 is 5.32 Å². The second-order valence-corrected chi connectivity index (χ2v) is 4.98. The molecule has 1 aliphatic carbocycles. The summed E-state index contributed by atoms with van der Waals surface area (Å²) in [4.78, 5) is 0. The minimum Gasteiger partial charge on any atom is -0.310 e. The number of fused-ring (bicyclic) bond motifs is 1. The summed E-state index contributed by atoms with van der Waals surface area (Å²) in [5, 5.41) is 3.60. The summed E-state index contributed by atoms with van der Waals surface area (Å²) in [5.74, 6) is 0. The van der Waals surface area contributed by atoms with Gasteiger partial charge in [0.15, 0.2) is 0 Å². The molecule has 1 atom stereocenters. The van der Waals surface area contributed by atoms with Crippen molar-refractivity contribution >= 4 is 0 Å². The fourth-order valence-electron chi connectivity index (χ4n) is 3.09. The van der Waals surface area contributed by atoms with Crippen molar-refractivity contribution in [3.8, 4) is 0 Å². The third-order valence-electron chi connectivity index (χ3n) is 3.92. The molecule has 1 fully saturated rings. The molecule has 0 saturated carbocycles. The molecule has 2 aliphatic rings. The molecule has 3 rings (SSSR count). The zero-order chi connectivity index (χ0) is 10.3. The number of nitrogens with one attached hydrogen (secondary N) is 1. The molecule has 1 aromatic carbocycles. The van der Waals surface area contributed by atoms with Crippen LogP contribution in [0.4, 0.5) is 0 Å². The van der Waals surface area contributed by atoms with Gasteiger partial charge in [-0.3, -0.25) is 0 Å². The van der Waals surface area contributed by atoms with Crippen molar-refractivity contribution in [3.05, 3.63) is 34.4 Å². The minimum atomic E-state index is 0.635.